The normalized spacial score (nSPS) is 30.2. The molecule has 0 spiro atoms. The summed E-state index contributed by atoms with van der Waals surface area (Å²) >= 11 is 3.04. The van der Waals surface area contributed by atoms with E-state index in [4.69, 9.17) is 9.84 Å². The highest BCUT2D eigenvalue weighted by atomic mass is 79.9. The minimum absolute atomic E-state index is 0.132. The molecular weight excluding hydrogens is 334 g/mol. The average Bonchev–Trinajstić information content (AvgIpc) is 2.70. The molecule has 4 atom stereocenters. The van der Waals surface area contributed by atoms with Gasteiger partial charge in [0, 0.05) is 11.1 Å². The predicted octanol–water partition coefficient (Wildman–Crippen LogP) is -0.400. The number of aliphatic hydroxyl groups is 3. The standard InChI is InChI=1S/C12H14BrNO6/c13-2-1-5-3-6(12(19)14-11(5)18)10-9(17)8(16)7(4-15)20-10/h1-3,7-10,15-17H,4H2,(H2,14,18,19)/t7-,8?,9+,10+/m1/s1. The van der Waals surface area contributed by atoms with E-state index < -0.39 is 42.5 Å². The molecule has 1 aromatic rings. The fraction of sp³-hybridized carbons (Fsp3) is 0.417. The van der Waals surface area contributed by atoms with E-state index in [1.165, 1.54) is 17.1 Å². The van der Waals surface area contributed by atoms with Crippen molar-refractivity contribution in [1.82, 2.24) is 4.98 Å². The van der Waals surface area contributed by atoms with Gasteiger partial charge in [-0.25, -0.2) is 0 Å². The van der Waals surface area contributed by atoms with Gasteiger partial charge in [0.1, 0.15) is 24.4 Å². The van der Waals surface area contributed by atoms with E-state index in [0.29, 0.717) is 0 Å². The van der Waals surface area contributed by atoms with Crippen molar-refractivity contribution in [2.75, 3.05) is 6.61 Å². The lowest BCUT2D eigenvalue weighted by molar-refractivity contribution is -0.0234. The van der Waals surface area contributed by atoms with Crippen molar-refractivity contribution in [1.29, 1.82) is 0 Å². The molecule has 0 amide bonds. The number of hydrogen-bond donors (Lipinski definition) is 5. The van der Waals surface area contributed by atoms with E-state index in [1.807, 2.05) is 0 Å². The molecule has 1 unspecified atom stereocenters. The molecule has 2 heterocycles. The molecule has 0 bridgehead atoms. The zero-order valence-corrected chi connectivity index (χ0v) is 11.8. The first-order valence-corrected chi connectivity index (χ1v) is 6.76. The van der Waals surface area contributed by atoms with Crippen LogP contribution in [-0.2, 0) is 4.74 Å². The van der Waals surface area contributed by atoms with Gasteiger partial charge in [-0.2, -0.15) is 0 Å². The quantitative estimate of drug-likeness (QED) is 0.507. The molecule has 1 aromatic heterocycles. The summed E-state index contributed by atoms with van der Waals surface area (Å²) in [6.07, 6.45) is -3.11. The number of aromatic hydroxyl groups is 1. The Morgan fingerprint density at radius 1 is 1.40 bits per heavy atom. The first-order chi connectivity index (χ1) is 9.49. The number of aromatic nitrogens is 1. The van der Waals surface area contributed by atoms with Gasteiger partial charge < -0.3 is 25.2 Å². The van der Waals surface area contributed by atoms with Crippen LogP contribution in [0, 0.1) is 0 Å². The van der Waals surface area contributed by atoms with Crippen LogP contribution in [0.25, 0.3) is 6.08 Å². The second kappa shape index (κ2) is 6.06. The van der Waals surface area contributed by atoms with Gasteiger partial charge in [0.25, 0.3) is 5.56 Å². The third-order valence-electron chi connectivity index (χ3n) is 3.17. The Labute approximate surface area is 122 Å². The summed E-state index contributed by atoms with van der Waals surface area (Å²) in [5.41, 5.74) is -0.131. The average molecular weight is 348 g/mol. The first-order valence-electron chi connectivity index (χ1n) is 5.85. The van der Waals surface area contributed by atoms with E-state index in [0.717, 1.165) is 0 Å². The molecule has 1 fully saturated rings. The van der Waals surface area contributed by atoms with Crippen molar-refractivity contribution in [2.24, 2.45) is 0 Å². The van der Waals surface area contributed by atoms with Crippen LogP contribution in [0.1, 0.15) is 17.2 Å². The number of ether oxygens (including phenoxy) is 1. The second-order valence-electron chi connectivity index (χ2n) is 4.41. The van der Waals surface area contributed by atoms with Gasteiger partial charge in [0.2, 0.25) is 0 Å². The van der Waals surface area contributed by atoms with Crippen LogP contribution in [0.3, 0.4) is 0 Å². The minimum Gasteiger partial charge on any atom is -0.494 e. The highest BCUT2D eigenvalue weighted by Crippen LogP contribution is 2.36. The molecule has 1 saturated heterocycles. The maximum Gasteiger partial charge on any atom is 0.257 e. The fourth-order valence-electron chi connectivity index (χ4n) is 2.12. The van der Waals surface area contributed by atoms with Gasteiger partial charge in [-0.15, -0.1) is 0 Å². The summed E-state index contributed by atoms with van der Waals surface area (Å²) < 4.78 is 5.31. The third-order valence-corrected chi connectivity index (χ3v) is 3.43. The van der Waals surface area contributed by atoms with Crippen LogP contribution in [-0.4, -0.2) is 50.3 Å². The van der Waals surface area contributed by atoms with Crippen LogP contribution in [0.2, 0.25) is 0 Å². The Kier molecular flexibility index (Phi) is 4.61. The minimum atomic E-state index is -1.32. The van der Waals surface area contributed by atoms with Gasteiger partial charge in [-0.1, -0.05) is 15.9 Å². The number of aliphatic hydroxyl groups excluding tert-OH is 3. The van der Waals surface area contributed by atoms with Gasteiger partial charge in [0.15, 0.2) is 5.88 Å². The molecule has 20 heavy (non-hydrogen) atoms. The van der Waals surface area contributed by atoms with Crippen molar-refractivity contribution in [3.05, 3.63) is 32.5 Å². The molecule has 1 aliphatic heterocycles. The van der Waals surface area contributed by atoms with E-state index in [1.54, 1.807) is 0 Å². The molecule has 0 radical (unpaired) electrons. The molecule has 5 N–H and O–H groups in total. The molecule has 2 rings (SSSR count). The summed E-state index contributed by atoms with van der Waals surface area (Å²) in [4.78, 5) is 15.3. The monoisotopic (exact) mass is 347 g/mol. The van der Waals surface area contributed by atoms with E-state index in [-0.39, 0.29) is 11.1 Å². The highest BCUT2D eigenvalue weighted by molar-refractivity contribution is 9.11. The molecule has 110 valence electrons. The Morgan fingerprint density at radius 3 is 2.65 bits per heavy atom. The molecule has 0 aliphatic carbocycles. The number of rotatable bonds is 3. The van der Waals surface area contributed by atoms with E-state index in [2.05, 4.69) is 20.9 Å². The van der Waals surface area contributed by atoms with Gasteiger partial charge in [-0.05, 0) is 17.1 Å². The van der Waals surface area contributed by atoms with E-state index in [9.17, 15) is 20.1 Å². The lowest BCUT2D eigenvalue weighted by atomic mass is 10.0. The van der Waals surface area contributed by atoms with Crippen molar-refractivity contribution in [3.8, 4) is 5.88 Å². The van der Waals surface area contributed by atoms with Gasteiger partial charge in [-0.3, -0.25) is 9.78 Å². The maximum absolute atomic E-state index is 11.6. The zero-order chi connectivity index (χ0) is 14.9. The molecule has 1 aliphatic rings. The molecule has 7 nitrogen and oxygen atoms in total. The van der Waals surface area contributed by atoms with Gasteiger partial charge >= 0.3 is 0 Å². The molecule has 0 saturated carbocycles. The fourth-order valence-corrected chi connectivity index (χ4v) is 2.40. The van der Waals surface area contributed by atoms with Crippen LogP contribution < -0.4 is 5.56 Å². The van der Waals surface area contributed by atoms with E-state index >= 15 is 0 Å². The highest BCUT2D eigenvalue weighted by Gasteiger charge is 2.44. The molecular formula is C12H14BrNO6. The van der Waals surface area contributed by atoms with Crippen molar-refractivity contribution < 1.29 is 25.2 Å². The third kappa shape index (κ3) is 2.65. The Morgan fingerprint density at radius 2 is 2.10 bits per heavy atom. The lowest BCUT2D eigenvalue weighted by Crippen LogP contribution is -2.32. The number of pyridine rings is 1. The maximum atomic E-state index is 11.6. The second-order valence-corrected chi connectivity index (χ2v) is 4.94. The van der Waals surface area contributed by atoms with Crippen molar-refractivity contribution in [3.63, 3.8) is 0 Å². The van der Waals surface area contributed by atoms with Crippen molar-refractivity contribution in [2.45, 2.75) is 24.4 Å². The summed E-state index contributed by atoms with van der Waals surface area (Å²) in [5.74, 6) is -0.448. The summed E-state index contributed by atoms with van der Waals surface area (Å²) in [6, 6.07) is 1.35. The SMILES string of the molecule is O=c1[nH]c(O)c([C@@H]2O[C@H](CO)C(O)[C@@H]2O)cc1C=CBr. The number of hydrogen-bond acceptors (Lipinski definition) is 6. The summed E-state index contributed by atoms with van der Waals surface area (Å²) in [7, 11) is 0. The lowest BCUT2D eigenvalue weighted by Gasteiger charge is -2.16. The summed E-state index contributed by atoms with van der Waals surface area (Å²) in [6.45, 7) is -0.465. The number of aromatic amines is 1. The molecule has 8 heteroatoms. The number of halogens is 1. The Bertz CT molecular complexity index is 572. The zero-order valence-electron chi connectivity index (χ0n) is 10.2. The van der Waals surface area contributed by atoms with Crippen molar-refractivity contribution >= 4 is 22.0 Å². The van der Waals surface area contributed by atoms with Crippen LogP contribution in [0.5, 0.6) is 5.88 Å². The Hall–Kier alpha value is -1.19. The first kappa shape index (κ1) is 15.2. The van der Waals surface area contributed by atoms with Crippen LogP contribution >= 0.6 is 15.9 Å². The van der Waals surface area contributed by atoms with Crippen LogP contribution in [0.4, 0.5) is 0 Å². The number of nitrogens with one attached hydrogen (secondary N) is 1. The number of H-pyrrole nitrogens is 1. The van der Waals surface area contributed by atoms with Gasteiger partial charge in [0.05, 0.1) is 6.61 Å². The summed E-state index contributed by atoms with van der Waals surface area (Å²) in [5, 5.41) is 38.4. The topological polar surface area (TPSA) is 123 Å². The largest absolute Gasteiger partial charge is 0.494 e. The molecule has 0 aromatic carbocycles. The Balaban J connectivity index is 2.43. The smallest absolute Gasteiger partial charge is 0.257 e. The van der Waals surface area contributed by atoms with Crippen LogP contribution in [0.15, 0.2) is 15.8 Å². The predicted molar refractivity (Wildman–Crippen MR) is 73.4 cm³/mol.